The quantitative estimate of drug-likeness (QED) is 0.349. The fourth-order valence-corrected chi connectivity index (χ4v) is 4.89. The summed E-state index contributed by atoms with van der Waals surface area (Å²) >= 11 is 6.45. The first-order valence-electron chi connectivity index (χ1n) is 10.5. The number of thiazole rings is 1. The number of hydrogen-bond acceptors (Lipinski definition) is 9. The van der Waals surface area contributed by atoms with Crippen molar-refractivity contribution in [2.75, 3.05) is 25.1 Å². The van der Waals surface area contributed by atoms with E-state index in [9.17, 15) is 20.0 Å². The molecule has 0 bridgehead atoms. The fraction of sp³-hybridized carbons (Fsp3) is 0.333. The van der Waals surface area contributed by atoms with Gasteiger partial charge in [-0.1, -0.05) is 29.9 Å². The van der Waals surface area contributed by atoms with Gasteiger partial charge in [0.2, 0.25) is 11.8 Å². The van der Waals surface area contributed by atoms with Gasteiger partial charge in [-0.2, -0.15) is 9.78 Å². The van der Waals surface area contributed by atoms with Crippen LogP contribution in [0.5, 0.6) is 5.88 Å². The lowest BCUT2D eigenvalue weighted by Crippen LogP contribution is -2.33. The summed E-state index contributed by atoms with van der Waals surface area (Å²) in [5, 5.41) is 29.7. The Balaban J connectivity index is 1.49. The molecule has 10 nitrogen and oxygen atoms in total. The van der Waals surface area contributed by atoms with Crippen molar-refractivity contribution >= 4 is 53.2 Å². The first-order chi connectivity index (χ1) is 15.9. The van der Waals surface area contributed by atoms with Crippen molar-refractivity contribution in [2.45, 2.75) is 25.7 Å². The molecule has 33 heavy (non-hydrogen) atoms. The fourth-order valence-electron chi connectivity index (χ4n) is 3.70. The van der Waals surface area contributed by atoms with Crippen LogP contribution in [0.1, 0.15) is 36.1 Å². The molecule has 0 unspecified atom stereocenters. The van der Waals surface area contributed by atoms with Gasteiger partial charge in [-0.15, -0.1) is 5.10 Å². The molecule has 0 radical (unpaired) electrons. The molecule has 1 fully saturated rings. The maximum absolute atomic E-state index is 12.4. The molecule has 4 rings (SSSR count). The topological polar surface area (TPSA) is 125 Å². The molecule has 3 heterocycles. The average molecular weight is 487 g/mol. The van der Waals surface area contributed by atoms with Crippen molar-refractivity contribution in [2.24, 2.45) is 10.2 Å². The van der Waals surface area contributed by atoms with E-state index in [0.29, 0.717) is 34.7 Å². The Labute approximate surface area is 198 Å². The first-order valence-corrected chi connectivity index (χ1v) is 11.7. The second-order valence-electron chi connectivity index (χ2n) is 7.68. The molecule has 12 heteroatoms. The zero-order valence-electron chi connectivity index (χ0n) is 17.6. The van der Waals surface area contributed by atoms with Crippen LogP contribution in [0.2, 0.25) is 0 Å². The zero-order valence-corrected chi connectivity index (χ0v) is 19.3. The molecule has 1 amide bonds. The molecule has 0 saturated carbocycles. The van der Waals surface area contributed by atoms with Crippen LogP contribution in [0.15, 0.2) is 40.0 Å². The van der Waals surface area contributed by atoms with E-state index in [4.69, 9.17) is 12.2 Å². The molecule has 1 saturated heterocycles. The monoisotopic (exact) mass is 486 g/mol. The maximum atomic E-state index is 12.4. The maximum Gasteiger partial charge on any atom is 0.270 e. The van der Waals surface area contributed by atoms with Crippen LogP contribution in [-0.4, -0.2) is 57.1 Å². The van der Waals surface area contributed by atoms with Gasteiger partial charge in [0, 0.05) is 36.2 Å². The molecule has 2 aromatic rings. The number of rotatable bonds is 7. The number of non-ortho nitro benzene ring substituents is 1. The third-order valence-electron chi connectivity index (χ3n) is 5.40. The van der Waals surface area contributed by atoms with Crippen molar-refractivity contribution in [1.82, 2.24) is 9.58 Å². The summed E-state index contributed by atoms with van der Waals surface area (Å²) in [6.45, 7) is 2.68. The van der Waals surface area contributed by atoms with Crippen LogP contribution < -0.4 is 5.43 Å². The van der Waals surface area contributed by atoms with Gasteiger partial charge < -0.3 is 10.0 Å². The third kappa shape index (κ3) is 5.41. The van der Waals surface area contributed by atoms with E-state index in [1.807, 2.05) is 0 Å². The van der Waals surface area contributed by atoms with Crippen molar-refractivity contribution in [3.05, 3.63) is 54.3 Å². The van der Waals surface area contributed by atoms with E-state index in [1.165, 1.54) is 29.4 Å². The molecular formula is C21H22N6O4S2. The number of hydrogen-bond donors (Lipinski definition) is 2. The average Bonchev–Trinajstić information content (AvgIpc) is 3.38. The van der Waals surface area contributed by atoms with Crippen LogP contribution in [0.3, 0.4) is 0 Å². The summed E-state index contributed by atoms with van der Waals surface area (Å²) in [5.41, 5.74) is 4.14. The number of piperidine rings is 1. The van der Waals surface area contributed by atoms with E-state index >= 15 is 0 Å². The number of carbonyl (C=O) groups is 1. The predicted octanol–water partition coefficient (Wildman–Crippen LogP) is 3.71. The van der Waals surface area contributed by atoms with E-state index in [-0.39, 0.29) is 21.4 Å². The minimum atomic E-state index is -0.477. The number of carbonyl (C=O) groups excluding carboxylic acids is 1. The highest BCUT2D eigenvalue weighted by Crippen LogP contribution is 2.29. The second kappa shape index (κ2) is 10.1. The molecular weight excluding hydrogens is 464 g/mol. The number of likely N-dealkylation sites (tertiary alicyclic amines) is 1. The van der Waals surface area contributed by atoms with Gasteiger partial charge in [0.1, 0.15) is 5.71 Å². The number of nitro benzene ring substituents is 1. The van der Waals surface area contributed by atoms with Gasteiger partial charge in [0.25, 0.3) is 5.69 Å². The number of nitrogens with zero attached hydrogens (tertiary/aromatic N) is 5. The van der Waals surface area contributed by atoms with Crippen molar-refractivity contribution in [3.8, 4) is 5.88 Å². The summed E-state index contributed by atoms with van der Waals surface area (Å²) < 4.78 is 1.48. The lowest BCUT2D eigenvalue weighted by atomic mass is 10.0. The molecule has 2 aliphatic heterocycles. The molecule has 0 spiro atoms. The SMILES string of the molecule is O=C(CCN1CCCCC1)Nn1c(O)c(C=C2C=NN=C2c2cccc([N+](=O)[O-])c2)sc1=S. The first kappa shape index (κ1) is 23.0. The standard InChI is InChI=1S/C21H22N6O4S2/c28-18(7-10-25-8-2-1-3-9-25)24-26-20(29)17(33-21(26)32)12-15-13-22-23-19(15)14-5-4-6-16(11-14)27(30)31/h4-6,11-13,29H,1-3,7-10H2,(H,24,28). The van der Waals surface area contributed by atoms with Crippen LogP contribution in [0.25, 0.3) is 6.08 Å². The Bertz CT molecular complexity index is 1220. The molecule has 2 N–H and O–H groups in total. The van der Waals surface area contributed by atoms with Crippen LogP contribution in [0.4, 0.5) is 5.69 Å². The van der Waals surface area contributed by atoms with Crippen LogP contribution >= 0.6 is 23.6 Å². The Hall–Kier alpha value is -3.22. The number of aromatic hydroxyl groups is 1. The number of aromatic nitrogens is 1. The van der Waals surface area contributed by atoms with Crippen LogP contribution in [0, 0.1) is 14.1 Å². The van der Waals surface area contributed by atoms with E-state index in [1.54, 1.807) is 18.2 Å². The second-order valence-corrected chi connectivity index (χ2v) is 9.35. The molecule has 1 aromatic heterocycles. The van der Waals surface area contributed by atoms with Crippen molar-refractivity contribution in [3.63, 3.8) is 0 Å². The smallest absolute Gasteiger partial charge is 0.270 e. The lowest BCUT2D eigenvalue weighted by Gasteiger charge is -2.25. The van der Waals surface area contributed by atoms with Gasteiger partial charge in [0.15, 0.2) is 3.95 Å². The Kier molecular flexibility index (Phi) is 7.06. The highest BCUT2D eigenvalue weighted by atomic mass is 32.1. The summed E-state index contributed by atoms with van der Waals surface area (Å²) in [6, 6.07) is 6.08. The third-order valence-corrected chi connectivity index (χ3v) is 6.71. The molecule has 172 valence electrons. The number of nitro groups is 1. The van der Waals surface area contributed by atoms with E-state index in [2.05, 4.69) is 20.5 Å². The minimum Gasteiger partial charge on any atom is -0.492 e. The van der Waals surface area contributed by atoms with Gasteiger partial charge in [-0.05, 0) is 44.2 Å². The van der Waals surface area contributed by atoms with E-state index < -0.39 is 4.92 Å². The zero-order chi connectivity index (χ0) is 23.4. The summed E-state index contributed by atoms with van der Waals surface area (Å²) in [6.07, 6.45) is 6.99. The Morgan fingerprint density at radius 3 is 2.88 bits per heavy atom. The Morgan fingerprint density at radius 1 is 1.33 bits per heavy atom. The number of nitrogens with one attached hydrogen (secondary N) is 1. The highest BCUT2D eigenvalue weighted by Gasteiger charge is 2.19. The normalized spacial score (nSPS) is 17.3. The molecule has 2 aliphatic rings. The largest absolute Gasteiger partial charge is 0.492 e. The van der Waals surface area contributed by atoms with Gasteiger partial charge in [-0.25, -0.2) is 0 Å². The Morgan fingerprint density at radius 2 is 2.12 bits per heavy atom. The summed E-state index contributed by atoms with van der Waals surface area (Å²) in [5.74, 6) is -0.423. The lowest BCUT2D eigenvalue weighted by molar-refractivity contribution is -0.384. The number of benzene rings is 1. The van der Waals surface area contributed by atoms with Crippen molar-refractivity contribution in [1.29, 1.82) is 0 Å². The summed E-state index contributed by atoms with van der Waals surface area (Å²) in [7, 11) is 0. The molecule has 0 atom stereocenters. The van der Waals surface area contributed by atoms with Gasteiger partial charge in [0.05, 0.1) is 16.0 Å². The van der Waals surface area contributed by atoms with E-state index in [0.717, 1.165) is 37.3 Å². The molecule has 0 aliphatic carbocycles. The minimum absolute atomic E-state index is 0.0571. The van der Waals surface area contributed by atoms with Crippen LogP contribution in [-0.2, 0) is 4.79 Å². The number of amides is 1. The predicted molar refractivity (Wildman–Crippen MR) is 130 cm³/mol. The highest BCUT2D eigenvalue weighted by molar-refractivity contribution is 7.73. The summed E-state index contributed by atoms with van der Waals surface area (Å²) in [4.78, 5) is 25.7. The van der Waals surface area contributed by atoms with Gasteiger partial charge >= 0.3 is 0 Å². The molecule has 1 aromatic carbocycles. The number of allylic oxidation sites excluding steroid dienone is 1. The van der Waals surface area contributed by atoms with Gasteiger partial charge in [-0.3, -0.25) is 20.3 Å². The van der Waals surface area contributed by atoms with Crippen molar-refractivity contribution < 1.29 is 14.8 Å².